The van der Waals surface area contributed by atoms with Gasteiger partial charge < -0.3 is 5.11 Å². The number of carboxylic acids is 1. The number of rotatable bonds is 3. The van der Waals surface area contributed by atoms with Crippen molar-refractivity contribution in [3.8, 4) is 11.3 Å². The van der Waals surface area contributed by atoms with Gasteiger partial charge in [-0.1, -0.05) is 23.7 Å². The molecule has 28 heavy (non-hydrogen) atoms. The van der Waals surface area contributed by atoms with E-state index >= 15 is 0 Å². The molecule has 1 heterocycles. The molecule has 0 radical (unpaired) electrons. The fraction of sp³-hybridized carbons (Fsp3) is 0.190. The molecule has 0 aliphatic heterocycles. The van der Waals surface area contributed by atoms with E-state index in [1.165, 1.54) is 16.8 Å². The topological polar surface area (TPSA) is 72.2 Å². The highest BCUT2D eigenvalue weighted by atomic mass is 35.5. The van der Waals surface area contributed by atoms with Crippen molar-refractivity contribution in [1.29, 1.82) is 0 Å². The lowest BCUT2D eigenvalue weighted by Gasteiger charge is -2.09. The Balaban J connectivity index is 1.85. The van der Waals surface area contributed by atoms with Gasteiger partial charge in [-0.2, -0.15) is 9.78 Å². The second kappa shape index (κ2) is 6.87. The van der Waals surface area contributed by atoms with Crippen LogP contribution in [0.15, 0.2) is 36.4 Å². The fourth-order valence-electron chi connectivity index (χ4n) is 3.67. The first kappa shape index (κ1) is 18.4. The van der Waals surface area contributed by atoms with E-state index in [9.17, 15) is 14.0 Å². The Kier molecular flexibility index (Phi) is 4.51. The van der Waals surface area contributed by atoms with Gasteiger partial charge in [0, 0.05) is 11.1 Å². The first-order chi connectivity index (χ1) is 13.4. The number of hydrogen-bond donors (Lipinski definition) is 1. The van der Waals surface area contributed by atoms with Crippen LogP contribution >= 0.6 is 11.6 Å². The molecule has 1 aliphatic rings. The van der Waals surface area contributed by atoms with E-state index < -0.39 is 11.8 Å². The second-order valence-corrected chi connectivity index (χ2v) is 7.18. The number of carbonyl (C=O) groups is 2. The lowest BCUT2D eigenvalue weighted by atomic mass is 10.0. The Bertz CT molecular complexity index is 1120. The molecule has 0 amide bonds. The molecular formula is C21H16ClFN2O3. The molecule has 3 aromatic rings. The van der Waals surface area contributed by atoms with Gasteiger partial charge in [0.15, 0.2) is 0 Å². The number of hydrogen-bond acceptors (Lipinski definition) is 3. The predicted molar refractivity (Wildman–Crippen MR) is 103 cm³/mol. The summed E-state index contributed by atoms with van der Waals surface area (Å²) in [5.41, 5.74) is 3.10. The molecule has 0 saturated carbocycles. The van der Waals surface area contributed by atoms with Crippen molar-refractivity contribution in [2.24, 2.45) is 0 Å². The van der Waals surface area contributed by atoms with E-state index in [2.05, 4.69) is 5.10 Å². The Morgan fingerprint density at radius 3 is 2.68 bits per heavy atom. The molecule has 0 bridgehead atoms. The first-order valence-corrected chi connectivity index (χ1v) is 9.20. The van der Waals surface area contributed by atoms with Crippen molar-refractivity contribution in [3.63, 3.8) is 0 Å². The van der Waals surface area contributed by atoms with Crippen molar-refractivity contribution < 1.29 is 19.1 Å². The molecule has 0 saturated heterocycles. The fourth-order valence-corrected chi connectivity index (χ4v) is 3.97. The van der Waals surface area contributed by atoms with Crippen molar-refractivity contribution in [2.45, 2.75) is 26.2 Å². The molecule has 0 spiro atoms. The smallest absolute Gasteiger partial charge is 0.335 e. The average molecular weight is 399 g/mol. The quantitative estimate of drug-likeness (QED) is 0.703. The van der Waals surface area contributed by atoms with Gasteiger partial charge in [0.25, 0.3) is 5.91 Å². The maximum atomic E-state index is 14.6. The zero-order chi connectivity index (χ0) is 20.0. The number of aromatic nitrogens is 2. The zero-order valence-electron chi connectivity index (χ0n) is 15.0. The van der Waals surface area contributed by atoms with E-state index in [0.717, 1.165) is 29.3 Å². The average Bonchev–Trinajstić information content (AvgIpc) is 3.24. The molecular weight excluding hydrogens is 383 g/mol. The van der Waals surface area contributed by atoms with Crippen molar-refractivity contribution in [3.05, 3.63) is 75.2 Å². The van der Waals surface area contributed by atoms with E-state index in [1.54, 1.807) is 25.1 Å². The monoisotopic (exact) mass is 398 g/mol. The number of carbonyl (C=O) groups excluding carboxylic acids is 1. The summed E-state index contributed by atoms with van der Waals surface area (Å²) in [6.45, 7) is 1.80. The molecule has 4 rings (SSSR count). The third-order valence-electron chi connectivity index (χ3n) is 5.03. The van der Waals surface area contributed by atoms with Crippen molar-refractivity contribution in [1.82, 2.24) is 9.78 Å². The van der Waals surface area contributed by atoms with Gasteiger partial charge in [-0.05, 0) is 56.0 Å². The summed E-state index contributed by atoms with van der Waals surface area (Å²) in [5.74, 6) is -2.23. The predicted octanol–water partition coefficient (Wildman–Crippen LogP) is 4.53. The summed E-state index contributed by atoms with van der Waals surface area (Å²) in [7, 11) is 0. The third-order valence-corrected chi connectivity index (χ3v) is 5.34. The standard InChI is InChI=1S/C21H16ClFN2O3/c1-11-4-2-6-15(22)18(11)20(26)25-17-7-3-5-14(17)19(24-25)13-9-8-12(21(27)28)10-16(13)23/h2,4,6,8-10H,3,5,7H2,1H3,(H,27,28). The summed E-state index contributed by atoms with van der Waals surface area (Å²) >= 11 is 6.24. The maximum Gasteiger partial charge on any atom is 0.335 e. The highest BCUT2D eigenvalue weighted by molar-refractivity contribution is 6.34. The van der Waals surface area contributed by atoms with Gasteiger partial charge in [-0.25, -0.2) is 9.18 Å². The van der Waals surface area contributed by atoms with Crippen LogP contribution in [0, 0.1) is 12.7 Å². The Hall–Kier alpha value is -2.99. The molecule has 142 valence electrons. The number of benzene rings is 2. The van der Waals surface area contributed by atoms with E-state index in [-0.39, 0.29) is 17.0 Å². The Labute approximate surface area is 165 Å². The highest BCUT2D eigenvalue weighted by Crippen LogP contribution is 2.34. The minimum atomic E-state index is -1.20. The summed E-state index contributed by atoms with van der Waals surface area (Å²) in [6.07, 6.45) is 2.18. The third kappa shape index (κ3) is 2.90. The number of carboxylic acid groups (broad SMARTS) is 1. The number of aromatic carboxylic acids is 1. The van der Waals surface area contributed by atoms with Crippen molar-refractivity contribution >= 4 is 23.5 Å². The number of aryl methyl sites for hydroxylation is 1. The molecule has 1 N–H and O–H groups in total. The van der Waals surface area contributed by atoms with Gasteiger partial charge >= 0.3 is 5.97 Å². The lowest BCUT2D eigenvalue weighted by molar-refractivity contribution is 0.0696. The normalized spacial score (nSPS) is 12.8. The maximum absolute atomic E-state index is 14.6. The van der Waals surface area contributed by atoms with E-state index in [0.29, 0.717) is 29.1 Å². The summed E-state index contributed by atoms with van der Waals surface area (Å²) in [6, 6.07) is 8.92. The van der Waals surface area contributed by atoms with Gasteiger partial charge in [0.2, 0.25) is 0 Å². The molecule has 1 aromatic heterocycles. The van der Waals surface area contributed by atoms with Crippen LogP contribution in [0.1, 0.15) is 44.0 Å². The van der Waals surface area contributed by atoms with Crippen LogP contribution in [0.4, 0.5) is 4.39 Å². The summed E-state index contributed by atoms with van der Waals surface area (Å²) < 4.78 is 15.9. The summed E-state index contributed by atoms with van der Waals surface area (Å²) in [5, 5.41) is 13.8. The first-order valence-electron chi connectivity index (χ1n) is 8.82. The van der Waals surface area contributed by atoms with Crippen molar-refractivity contribution in [2.75, 3.05) is 0 Å². The number of fused-ring (bicyclic) bond motifs is 1. The summed E-state index contributed by atoms with van der Waals surface area (Å²) in [4.78, 5) is 24.2. The van der Waals surface area contributed by atoms with Crippen LogP contribution < -0.4 is 0 Å². The Morgan fingerprint density at radius 2 is 2.00 bits per heavy atom. The molecule has 1 aliphatic carbocycles. The van der Waals surface area contributed by atoms with Gasteiger partial charge in [-0.15, -0.1) is 0 Å². The molecule has 0 atom stereocenters. The van der Waals surface area contributed by atoms with Crippen LogP contribution in [-0.4, -0.2) is 26.8 Å². The Morgan fingerprint density at radius 1 is 1.21 bits per heavy atom. The molecule has 0 unspecified atom stereocenters. The largest absolute Gasteiger partial charge is 0.478 e. The molecule has 0 fully saturated rings. The van der Waals surface area contributed by atoms with Crippen LogP contribution in [-0.2, 0) is 12.8 Å². The van der Waals surface area contributed by atoms with Gasteiger partial charge in [0.05, 0.1) is 27.5 Å². The SMILES string of the molecule is Cc1cccc(Cl)c1C(=O)n1nc(-c2ccc(C(=O)O)cc2F)c2c1CCC2. The van der Waals surface area contributed by atoms with Gasteiger partial charge in [-0.3, -0.25) is 4.79 Å². The van der Waals surface area contributed by atoms with Gasteiger partial charge in [0.1, 0.15) is 5.82 Å². The lowest BCUT2D eigenvalue weighted by Crippen LogP contribution is -2.18. The minimum absolute atomic E-state index is 0.139. The second-order valence-electron chi connectivity index (χ2n) is 6.78. The van der Waals surface area contributed by atoms with Crippen LogP contribution in [0.25, 0.3) is 11.3 Å². The van der Waals surface area contributed by atoms with Crippen LogP contribution in [0.3, 0.4) is 0 Å². The number of nitrogens with zero attached hydrogens (tertiary/aromatic N) is 2. The zero-order valence-corrected chi connectivity index (χ0v) is 15.8. The van der Waals surface area contributed by atoms with Crippen LogP contribution in [0.2, 0.25) is 5.02 Å². The van der Waals surface area contributed by atoms with E-state index in [4.69, 9.17) is 16.7 Å². The number of halogens is 2. The highest BCUT2D eigenvalue weighted by Gasteiger charge is 2.29. The molecule has 5 nitrogen and oxygen atoms in total. The molecule has 2 aromatic carbocycles. The van der Waals surface area contributed by atoms with Crippen LogP contribution in [0.5, 0.6) is 0 Å². The molecule has 7 heteroatoms. The van der Waals surface area contributed by atoms with E-state index in [1.807, 2.05) is 0 Å². The minimum Gasteiger partial charge on any atom is -0.478 e.